The highest BCUT2D eigenvalue weighted by Crippen LogP contribution is 2.24. The molecule has 0 aliphatic heterocycles. The van der Waals surface area contributed by atoms with Crippen molar-refractivity contribution >= 4 is 27.6 Å². The summed E-state index contributed by atoms with van der Waals surface area (Å²) in [5.41, 5.74) is 0.0442. The van der Waals surface area contributed by atoms with Crippen molar-refractivity contribution in [1.82, 2.24) is 0 Å². The fraction of sp³-hybridized carbons (Fsp3) is 0.250. The number of aliphatic carboxylic acids is 2. The third kappa shape index (κ3) is 3.89. The molecule has 0 aliphatic rings. The van der Waals surface area contributed by atoms with Gasteiger partial charge in [0.15, 0.2) is 9.84 Å². The van der Waals surface area contributed by atoms with E-state index >= 15 is 0 Å². The zero-order valence-electron chi connectivity index (χ0n) is 10.4. The number of ketones is 1. The Morgan fingerprint density at radius 1 is 1.20 bits per heavy atom. The Bertz CT molecular complexity index is 660. The van der Waals surface area contributed by atoms with Crippen LogP contribution in [0.2, 0.25) is 0 Å². The highest BCUT2D eigenvalue weighted by molar-refractivity contribution is 7.90. The Morgan fingerprint density at radius 3 is 2.25 bits per heavy atom. The molecule has 0 spiro atoms. The number of rotatable bonds is 6. The molecule has 2 N–H and O–H groups in total. The molecule has 0 aromatic heterocycles. The maximum atomic E-state index is 11.5. The molecule has 1 aromatic rings. The van der Waals surface area contributed by atoms with Gasteiger partial charge in [0.2, 0.25) is 5.78 Å². The first-order valence-corrected chi connectivity index (χ1v) is 7.31. The Hall–Kier alpha value is -2.22. The molecular weight excluding hydrogens is 288 g/mol. The molecule has 1 unspecified atom stereocenters. The van der Waals surface area contributed by atoms with Gasteiger partial charge in [0.25, 0.3) is 0 Å². The Kier molecular flexibility index (Phi) is 4.61. The van der Waals surface area contributed by atoms with Gasteiger partial charge in [0, 0.05) is 6.26 Å². The molecule has 7 nitrogen and oxygen atoms in total. The largest absolute Gasteiger partial charge is 0.481 e. The highest BCUT2D eigenvalue weighted by atomic mass is 32.2. The van der Waals surface area contributed by atoms with Crippen molar-refractivity contribution in [2.24, 2.45) is 0 Å². The number of hydrogen-bond acceptors (Lipinski definition) is 5. The smallest absolute Gasteiger partial charge is 0.372 e. The number of sulfone groups is 1. The van der Waals surface area contributed by atoms with Gasteiger partial charge >= 0.3 is 11.9 Å². The topological polar surface area (TPSA) is 126 Å². The van der Waals surface area contributed by atoms with E-state index in [0.29, 0.717) is 0 Å². The SMILES string of the molecule is CS(=O)(=O)c1cccc(C(CC(=O)O)C(=O)C(=O)O)c1. The lowest BCUT2D eigenvalue weighted by Crippen LogP contribution is -2.24. The van der Waals surface area contributed by atoms with Crippen molar-refractivity contribution in [1.29, 1.82) is 0 Å². The molecule has 0 fully saturated rings. The molecule has 8 heteroatoms. The van der Waals surface area contributed by atoms with Crippen LogP contribution in [0.4, 0.5) is 0 Å². The van der Waals surface area contributed by atoms with E-state index < -0.39 is 39.9 Å². The molecule has 20 heavy (non-hydrogen) atoms. The minimum atomic E-state index is -3.54. The number of carboxylic acids is 2. The number of carbonyl (C=O) groups is 3. The predicted molar refractivity (Wildman–Crippen MR) is 67.2 cm³/mol. The number of carbonyl (C=O) groups excluding carboxylic acids is 1. The molecule has 108 valence electrons. The first-order chi connectivity index (χ1) is 9.12. The lowest BCUT2D eigenvalue weighted by atomic mass is 9.91. The van der Waals surface area contributed by atoms with Gasteiger partial charge in [-0.25, -0.2) is 13.2 Å². The second-order valence-electron chi connectivity index (χ2n) is 4.16. The first-order valence-electron chi connectivity index (χ1n) is 5.42. The van der Waals surface area contributed by atoms with Crippen LogP contribution in [0.15, 0.2) is 29.2 Å². The fourth-order valence-electron chi connectivity index (χ4n) is 1.65. The van der Waals surface area contributed by atoms with Crippen LogP contribution in [0.25, 0.3) is 0 Å². The second kappa shape index (κ2) is 5.83. The number of carboxylic acid groups (broad SMARTS) is 2. The summed E-state index contributed by atoms with van der Waals surface area (Å²) in [7, 11) is -3.54. The van der Waals surface area contributed by atoms with E-state index in [1.54, 1.807) is 0 Å². The maximum Gasteiger partial charge on any atom is 0.372 e. The summed E-state index contributed by atoms with van der Waals surface area (Å²) in [4.78, 5) is 32.9. The third-order valence-corrected chi connectivity index (χ3v) is 3.70. The zero-order chi connectivity index (χ0) is 15.5. The van der Waals surface area contributed by atoms with E-state index in [2.05, 4.69) is 0 Å². The van der Waals surface area contributed by atoms with Crippen LogP contribution >= 0.6 is 0 Å². The lowest BCUT2D eigenvalue weighted by Gasteiger charge is -2.12. The van der Waals surface area contributed by atoms with E-state index in [0.717, 1.165) is 12.3 Å². The Labute approximate surface area is 114 Å². The van der Waals surface area contributed by atoms with Gasteiger partial charge in [-0.1, -0.05) is 12.1 Å². The van der Waals surface area contributed by atoms with Crippen LogP contribution in [0.5, 0.6) is 0 Å². The predicted octanol–water partition coefficient (Wildman–Crippen LogP) is 0.302. The van der Waals surface area contributed by atoms with Gasteiger partial charge < -0.3 is 10.2 Å². The van der Waals surface area contributed by atoms with Crippen molar-refractivity contribution in [3.8, 4) is 0 Å². The van der Waals surface area contributed by atoms with Gasteiger partial charge in [-0.2, -0.15) is 0 Å². The van der Waals surface area contributed by atoms with Gasteiger partial charge in [-0.3, -0.25) is 9.59 Å². The third-order valence-electron chi connectivity index (χ3n) is 2.59. The van der Waals surface area contributed by atoms with E-state index in [1.165, 1.54) is 18.2 Å². The molecule has 1 atom stereocenters. The molecule has 0 heterocycles. The summed E-state index contributed by atoms with van der Waals surface area (Å²) in [6, 6.07) is 5.05. The molecule has 1 aromatic carbocycles. The van der Waals surface area contributed by atoms with Gasteiger partial charge in [0.1, 0.15) is 0 Å². The van der Waals surface area contributed by atoms with Gasteiger partial charge in [-0.05, 0) is 17.7 Å². The molecule has 1 rings (SSSR count). The Balaban J connectivity index is 3.31. The monoisotopic (exact) mass is 300 g/mol. The molecule has 0 amide bonds. The molecule has 0 bridgehead atoms. The standard InChI is InChI=1S/C12H12O7S/c1-20(18,19)8-4-2-3-7(5-8)9(6-10(13)14)11(15)12(16)17/h2-5,9H,6H2,1H3,(H,13,14)(H,16,17). The van der Waals surface area contributed by atoms with Crippen molar-refractivity contribution in [2.75, 3.05) is 6.26 Å². The summed E-state index contributed by atoms with van der Waals surface area (Å²) in [6.45, 7) is 0. The van der Waals surface area contributed by atoms with E-state index in [-0.39, 0.29) is 10.5 Å². The molecular formula is C12H12O7S. The lowest BCUT2D eigenvalue weighted by molar-refractivity contribution is -0.150. The van der Waals surface area contributed by atoms with Crippen LogP contribution in [-0.2, 0) is 24.2 Å². The summed E-state index contributed by atoms with van der Waals surface area (Å²) in [5, 5.41) is 17.4. The van der Waals surface area contributed by atoms with Crippen molar-refractivity contribution in [2.45, 2.75) is 17.2 Å². The summed E-state index contributed by atoms with van der Waals surface area (Å²) >= 11 is 0. The van der Waals surface area contributed by atoms with Crippen LogP contribution < -0.4 is 0 Å². The van der Waals surface area contributed by atoms with Crippen molar-refractivity contribution < 1.29 is 33.0 Å². The van der Waals surface area contributed by atoms with Crippen molar-refractivity contribution in [3.63, 3.8) is 0 Å². The first kappa shape index (κ1) is 15.8. The number of hydrogen-bond donors (Lipinski definition) is 2. The normalized spacial score (nSPS) is 12.7. The molecule has 0 radical (unpaired) electrons. The average molecular weight is 300 g/mol. The van der Waals surface area contributed by atoms with Crippen LogP contribution in [0, 0.1) is 0 Å². The zero-order valence-corrected chi connectivity index (χ0v) is 11.3. The van der Waals surface area contributed by atoms with Crippen LogP contribution in [0.3, 0.4) is 0 Å². The van der Waals surface area contributed by atoms with E-state index in [4.69, 9.17) is 10.2 Å². The number of Topliss-reactive ketones (excluding diaryl/α,β-unsaturated/α-hetero) is 1. The van der Waals surface area contributed by atoms with Crippen molar-refractivity contribution in [3.05, 3.63) is 29.8 Å². The minimum absolute atomic E-state index is 0.0442. The highest BCUT2D eigenvalue weighted by Gasteiger charge is 2.29. The second-order valence-corrected chi connectivity index (χ2v) is 6.18. The van der Waals surface area contributed by atoms with Crippen LogP contribution in [0.1, 0.15) is 17.9 Å². The summed E-state index contributed by atoms with van der Waals surface area (Å²) in [6.07, 6.45) is 0.232. The van der Waals surface area contributed by atoms with Gasteiger partial charge in [0.05, 0.1) is 17.2 Å². The summed E-state index contributed by atoms with van der Waals surface area (Å²) in [5.74, 6) is -5.83. The number of benzene rings is 1. The summed E-state index contributed by atoms with van der Waals surface area (Å²) < 4.78 is 22.8. The van der Waals surface area contributed by atoms with Gasteiger partial charge in [-0.15, -0.1) is 0 Å². The van der Waals surface area contributed by atoms with E-state index in [9.17, 15) is 22.8 Å². The molecule has 0 saturated heterocycles. The quantitative estimate of drug-likeness (QED) is 0.723. The molecule has 0 aliphatic carbocycles. The fourth-order valence-corrected chi connectivity index (χ4v) is 2.32. The minimum Gasteiger partial charge on any atom is -0.481 e. The molecule has 0 saturated carbocycles. The average Bonchev–Trinajstić information content (AvgIpc) is 2.34. The van der Waals surface area contributed by atoms with E-state index in [1.807, 2.05) is 0 Å². The van der Waals surface area contributed by atoms with Crippen LogP contribution in [-0.4, -0.2) is 42.6 Å². The maximum absolute atomic E-state index is 11.5. The Morgan fingerprint density at radius 2 is 1.80 bits per heavy atom.